The minimum absolute atomic E-state index is 0.407. The lowest BCUT2D eigenvalue weighted by Gasteiger charge is -2.27. The van der Waals surface area contributed by atoms with Gasteiger partial charge in [-0.15, -0.1) is 15.3 Å². The summed E-state index contributed by atoms with van der Waals surface area (Å²) in [7, 11) is 0. The molecule has 0 N–H and O–H groups in total. The van der Waals surface area contributed by atoms with E-state index >= 15 is 0 Å². The van der Waals surface area contributed by atoms with Gasteiger partial charge < -0.3 is 4.57 Å². The van der Waals surface area contributed by atoms with Crippen molar-refractivity contribution in [1.82, 2.24) is 29.3 Å². The molecule has 0 aliphatic carbocycles. The highest BCUT2D eigenvalue weighted by atomic mass is 35.5. The van der Waals surface area contributed by atoms with Crippen LogP contribution in [0.1, 0.15) is 37.1 Å². The Morgan fingerprint density at radius 2 is 2.11 bits per heavy atom. The van der Waals surface area contributed by atoms with Crippen molar-refractivity contribution in [2.45, 2.75) is 39.4 Å². The lowest BCUT2D eigenvalue weighted by Crippen LogP contribution is -2.34. The molecule has 0 saturated carbocycles. The topological polar surface area (TPSA) is 59.7 Å². The highest BCUT2D eigenvalue weighted by molar-refractivity contribution is 7.10. The Balaban J connectivity index is 1.74. The number of rotatable bonds is 3. The molecule has 3 heterocycles. The van der Waals surface area contributed by atoms with Crippen LogP contribution in [0.25, 0.3) is 0 Å². The zero-order chi connectivity index (χ0) is 13.4. The van der Waals surface area contributed by atoms with Gasteiger partial charge in [0.2, 0.25) is 0 Å². The van der Waals surface area contributed by atoms with Crippen molar-refractivity contribution in [3.8, 4) is 0 Å². The Morgan fingerprint density at radius 1 is 1.26 bits per heavy atom. The lowest BCUT2D eigenvalue weighted by molar-refractivity contribution is 0.204. The van der Waals surface area contributed by atoms with E-state index in [-0.39, 0.29) is 0 Å². The Hall–Kier alpha value is -1.05. The molecule has 0 spiro atoms. The summed E-state index contributed by atoms with van der Waals surface area (Å²) in [5.74, 6) is 2.50. The molecule has 2 aromatic heterocycles. The predicted molar refractivity (Wildman–Crippen MR) is 73.1 cm³/mol. The monoisotopic (exact) mass is 298 g/mol. The van der Waals surface area contributed by atoms with Crippen LogP contribution in [-0.4, -0.2) is 35.8 Å². The molecule has 19 heavy (non-hydrogen) atoms. The van der Waals surface area contributed by atoms with Gasteiger partial charge in [-0.05, 0) is 0 Å². The van der Waals surface area contributed by atoms with E-state index in [0.717, 1.165) is 43.5 Å². The van der Waals surface area contributed by atoms with Gasteiger partial charge in [0.1, 0.15) is 21.7 Å². The van der Waals surface area contributed by atoms with E-state index in [2.05, 4.69) is 43.1 Å². The van der Waals surface area contributed by atoms with E-state index in [1.807, 2.05) is 0 Å². The zero-order valence-electron chi connectivity index (χ0n) is 10.9. The number of hydrogen-bond acceptors (Lipinski definition) is 6. The van der Waals surface area contributed by atoms with Gasteiger partial charge in [-0.1, -0.05) is 29.9 Å². The Bertz CT molecular complexity index is 578. The maximum Gasteiger partial charge on any atom is 0.147 e. The van der Waals surface area contributed by atoms with E-state index in [0.29, 0.717) is 10.3 Å². The summed E-state index contributed by atoms with van der Waals surface area (Å²) in [5, 5.41) is 12.6. The summed E-state index contributed by atoms with van der Waals surface area (Å²) in [6.07, 6.45) is 0. The van der Waals surface area contributed by atoms with Crippen molar-refractivity contribution in [1.29, 1.82) is 0 Å². The number of nitrogens with zero attached hydrogens (tertiary/aromatic N) is 6. The number of hydrogen-bond donors (Lipinski definition) is 0. The van der Waals surface area contributed by atoms with E-state index in [1.165, 1.54) is 11.5 Å². The van der Waals surface area contributed by atoms with Crippen molar-refractivity contribution >= 4 is 23.1 Å². The summed E-state index contributed by atoms with van der Waals surface area (Å²) in [4.78, 5) is 2.27. The van der Waals surface area contributed by atoms with Gasteiger partial charge in [-0.25, -0.2) is 0 Å². The van der Waals surface area contributed by atoms with Gasteiger partial charge in [-0.3, -0.25) is 4.90 Å². The highest BCUT2D eigenvalue weighted by Crippen LogP contribution is 2.22. The van der Waals surface area contributed by atoms with E-state index < -0.39 is 0 Å². The number of aromatic nitrogens is 5. The predicted octanol–water partition coefficient (Wildman–Crippen LogP) is 1.92. The molecular formula is C11H15ClN6S. The van der Waals surface area contributed by atoms with Crippen molar-refractivity contribution < 1.29 is 0 Å². The van der Waals surface area contributed by atoms with Crippen molar-refractivity contribution in [3.63, 3.8) is 0 Å². The fourth-order valence-corrected chi connectivity index (χ4v) is 2.91. The van der Waals surface area contributed by atoms with E-state index in [4.69, 9.17) is 11.6 Å². The van der Waals surface area contributed by atoms with Crippen LogP contribution in [-0.2, 0) is 19.6 Å². The molecular weight excluding hydrogens is 284 g/mol. The average Bonchev–Trinajstić information content (AvgIpc) is 2.96. The van der Waals surface area contributed by atoms with Gasteiger partial charge in [0, 0.05) is 37.1 Å². The SMILES string of the molecule is CC(C)c1nnc2n1CCN(Cc1nnsc1Cl)C2. The second-order valence-electron chi connectivity index (χ2n) is 4.98. The normalized spacial score (nSPS) is 16.0. The van der Waals surface area contributed by atoms with Gasteiger partial charge in [-0.2, -0.15) is 0 Å². The van der Waals surface area contributed by atoms with Crippen LogP contribution in [0.5, 0.6) is 0 Å². The van der Waals surface area contributed by atoms with Crippen LogP contribution in [0.3, 0.4) is 0 Å². The van der Waals surface area contributed by atoms with Crippen LogP contribution < -0.4 is 0 Å². The van der Waals surface area contributed by atoms with Crippen LogP contribution in [0.2, 0.25) is 4.34 Å². The number of halogens is 1. The minimum atomic E-state index is 0.407. The fourth-order valence-electron chi connectivity index (χ4n) is 2.30. The Labute approximate surface area is 120 Å². The maximum absolute atomic E-state index is 6.04. The highest BCUT2D eigenvalue weighted by Gasteiger charge is 2.23. The van der Waals surface area contributed by atoms with Crippen molar-refractivity contribution in [3.05, 3.63) is 21.7 Å². The summed E-state index contributed by atoms with van der Waals surface area (Å²) < 4.78 is 6.76. The van der Waals surface area contributed by atoms with Crippen molar-refractivity contribution in [2.24, 2.45) is 0 Å². The smallest absolute Gasteiger partial charge is 0.147 e. The summed E-state index contributed by atoms with van der Waals surface area (Å²) in [6, 6.07) is 0. The minimum Gasteiger partial charge on any atom is -0.312 e. The largest absolute Gasteiger partial charge is 0.312 e. The first-order valence-electron chi connectivity index (χ1n) is 6.26. The quantitative estimate of drug-likeness (QED) is 0.866. The molecule has 0 saturated heterocycles. The third-order valence-electron chi connectivity index (χ3n) is 3.26. The molecule has 3 rings (SSSR count). The molecule has 0 amide bonds. The third-order valence-corrected chi connectivity index (χ3v) is 4.24. The zero-order valence-corrected chi connectivity index (χ0v) is 12.4. The fraction of sp³-hybridized carbons (Fsp3) is 0.636. The molecule has 8 heteroatoms. The lowest BCUT2D eigenvalue weighted by atomic mass is 10.2. The van der Waals surface area contributed by atoms with Gasteiger partial charge in [0.25, 0.3) is 0 Å². The average molecular weight is 299 g/mol. The van der Waals surface area contributed by atoms with E-state index in [1.54, 1.807) is 0 Å². The van der Waals surface area contributed by atoms with Crippen LogP contribution in [0, 0.1) is 0 Å². The molecule has 0 aromatic carbocycles. The molecule has 1 aliphatic rings. The molecule has 0 fully saturated rings. The van der Waals surface area contributed by atoms with Crippen LogP contribution in [0.4, 0.5) is 0 Å². The van der Waals surface area contributed by atoms with Crippen LogP contribution >= 0.6 is 23.1 Å². The molecule has 6 nitrogen and oxygen atoms in total. The second kappa shape index (κ2) is 5.15. The van der Waals surface area contributed by atoms with Crippen molar-refractivity contribution in [2.75, 3.05) is 6.54 Å². The van der Waals surface area contributed by atoms with Gasteiger partial charge >= 0.3 is 0 Å². The molecule has 0 radical (unpaired) electrons. The third kappa shape index (κ3) is 2.50. The summed E-state index contributed by atoms with van der Waals surface area (Å²) in [5.41, 5.74) is 0.851. The van der Waals surface area contributed by atoms with Crippen LogP contribution in [0.15, 0.2) is 0 Å². The second-order valence-corrected chi connectivity index (χ2v) is 6.34. The van der Waals surface area contributed by atoms with E-state index in [9.17, 15) is 0 Å². The Kier molecular flexibility index (Phi) is 3.51. The first kappa shape index (κ1) is 13.0. The molecule has 1 aliphatic heterocycles. The van der Waals surface area contributed by atoms with Gasteiger partial charge in [0.05, 0.1) is 6.54 Å². The molecule has 0 unspecified atom stereocenters. The molecule has 0 bridgehead atoms. The number of fused-ring (bicyclic) bond motifs is 1. The standard InChI is InChI=1S/C11H15ClN6S/c1-7(2)11-15-14-9-6-17(3-4-18(9)11)5-8-10(12)19-16-13-8/h7H,3-6H2,1-2H3. The molecule has 0 atom stereocenters. The molecule has 2 aromatic rings. The summed E-state index contributed by atoms with van der Waals surface area (Å²) in [6.45, 7) is 7.67. The first-order valence-corrected chi connectivity index (χ1v) is 7.41. The maximum atomic E-state index is 6.04. The summed E-state index contributed by atoms with van der Waals surface area (Å²) >= 11 is 7.27. The molecule has 102 valence electrons. The Morgan fingerprint density at radius 3 is 2.79 bits per heavy atom. The first-order chi connectivity index (χ1) is 9.15. The van der Waals surface area contributed by atoms with Gasteiger partial charge in [0.15, 0.2) is 0 Å².